The van der Waals surface area contributed by atoms with E-state index in [2.05, 4.69) is 5.32 Å². The zero-order chi connectivity index (χ0) is 15.4. The van der Waals surface area contributed by atoms with E-state index in [1.165, 1.54) is 0 Å². The fourth-order valence-corrected chi connectivity index (χ4v) is 2.53. The summed E-state index contributed by atoms with van der Waals surface area (Å²) in [5.74, 6) is 1.23. The Morgan fingerprint density at radius 1 is 1.24 bits per heavy atom. The summed E-state index contributed by atoms with van der Waals surface area (Å²) in [6.45, 7) is 1.95. The predicted octanol–water partition coefficient (Wildman–Crippen LogP) is 1.94. The van der Waals surface area contributed by atoms with E-state index in [9.17, 15) is 5.21 Å². The summed E-state index contributed by atoms with van der Waals surface area (Å²) in [6, 6.07) is 3.66. The van der Waals surface area contributed by atoms with Gasteiger partial charge < -0.3 is 25.1 Å². The van der Waals surface area contributed by atoms with Crippen LogP contribution in [0, 0.1) is 5.21 Å². The molecule has 0 saturated carbocycles. The van der Waals surface area contributed by atoms with Gasteiger partial charge in [-0.2, -0.15) is 4.74 Å². The molecule has 1 aromatic carbocycles. The first-order valence-corrected chi connectivity index (χ1v) is 7.06. The van der Waals surface area contributed by atoms with E-state index in [0.29, 0.717) is 30.1 Å². The van der Waals surface area contributed by atoms with Gasteiger partial charge in [-0.25, -0.2) is 0 Å². The zero-order valence-corrected chi connectivity index (χ0v) is 12.7. The van der Waals surface area contributed by atoms with Crippen molar-refractivity contribution in [3.63, 3.8) is 0 Å². The minimum atomic E-state index is -0.317. The lowest BCUT2D eigenvalue weighted by Gasteiger charge is -2.27. The Hall–Kier alpha value is -1.95. The van der Waals surface area contributed by atoms with Crippen molar-refractivity contribution in [3.8, 4) is 11.5 Å². The van der Waals surface area contributed by atoms with E-state index in [0.717, 1.165) is 22.4 Å². The highest BCUT2D eigenvalue weighted by Gasteiger charge is 2.28. The third-order valence-corrected chi connectivity index (χ3v) is 3.73. The topological polar surface area (TPSA) is 76.8 Å². The van der Waals surface area contributed by atoms with Gasteiger partial charge in [-0.1, -0.05) is 0 Å². The molecule has 0 fully saturated rings. The normalized spacial score (nSPS) is 17.2. The molecular weight excluding hydrogens is 272 g/mol. The van der Waals surface area contributed by atoms with Crippen molar-refractivity contribution >= 4 is 11.4 Å². The van der Waals surface area contributed by atoms with Gasteiger partial charge >= 0.3 is 0 Å². The summed E-state index contributed by atoms with van der Waals surface area (Å²) < 4.78 is 11.6. The number of ether oxygens (including phenoxy) is 2. The van der Waals surface area contributed by atoms with Crippen LogP contribution in [-0.4, -0.2) is 42.5 Å². The predicted molar refractivity (Wildman–Crippen MR) is 81.3 cm³/mol. The van der Waals surface area contributed by atoms with Gasteiger partial charge in [0.15, 0.2) is 17.2 Å². The van der Waals surface area contributed by atoms with Crippen LogP contribution in [0.3, 0.4) is 0 Å². The van der Waals surface area contributed by atoms with Crippen LogP contribution in [0.15, 0.2) is 12.1 Å². The highest BCUT2D eigenvalue weighted by Crippen LogP contribution is 2.35. The monoisotopic (exact) mass is 294 g/mol. The van der Waals surface area contributed by atoms with E-state index in [4.69, 9.17) is 14.6 Å². The van der Waals surface area contributed by atoms with Gasteiger partial charge in [0.05, 0.1) is 25.5 Å². The summed E-state index contributed by atoms with van der Waals surface area (Å²) in [7, 11) is 3.16. The fraction of sp³-hybridized carbons (Fsp3) is 0.533. The largest absolute Gasteiger partial charge is 0.622 e. The van der Waals surface area contributed by atoms with Crippen LogP contribution in [-0.2, 0) is 0 Å². The molecule has 1 atom stereocenters. The lowest BCUT2D eigenvalue weighted by molar-refractivity contribution is -0.496. The van der Waals surface area contributed by atoms with Crippen LogP contribution in [0.1, 0.15) is 31.7 Å². The highest BCUT2D eigenvalue weighted by molar-refractivity contribution is 6.02. The summed E-state index contributed by atoms with van der Waals surface area (Å²) in [5.41, 5.74) is 2.34. The number of aliphatic hydroxyl groups excluding tert-OH is 1. The minimum Gasteiger partial charge on any atom is -0.622 e. The van der Waals surface area contributed by atoms with Gasteiger partial charge in [-0.05, 0) is 18.9 Å². The van der Waals surface area contributed by atoms with Crippen molar-refractivity contribution in [3.05, 3.63) is 22.9 Å². The molecule has 0 spiro atoms. The molecule has 2 rings (SSSR count). The van der Waals surface area contributed by atoms with Crippen LogP contribution in [0.2, 0.25) is 0 Å². The first-order chi connectivity index (χ1) is 10.1. The molecule has 6 nitrogen and oxygen atoms in total. The SMILES string of the molecule is COc1cc2c(cc1OC)C(C)=[N+]([O-])C(CCCCO)N2. The number of fused-ring (bicyclic) bond motifs is 1. The standard InChI is InChI=1S/C15H22N2O4/c1-10-11-8-13(20-2)14(21-3)9-12(11)16-15(17(10)19)6-4-5-7-18/h8-9,15-16,18H,4-7H2,1-3H3. The Morgan fingerprint density at radius 2 is 1.90 bits per heavy atom. The number of anilines is 1. The zero-order valence-electron chi connectivity index (χ0n) is 12.7. The second-order valence-electron chi connectivity index (χ2n) is 5.04. The molecule has 0 aliphatic carbocycles. The average Bonchev–Trinajstić information content (AvgIpc) is 2.51. The molecular formula is C15H22N2O4. The van der Waals surface area contributed by atoms with Crippen LogP contribution < -0.4 is 14.8 Å². The Morgan fingerprint density at radius 3 is 2.52 bits per heavy atom. The summed E-state index contributed by atoms with van der Waals surface area (Å²) in [6.07, 6.45) is 1.85. The number of aliphatic hydroxyl groups is 1. The molecule has 0 aromatic heterocycles. The first kappa shape index (κ1) is 15.4. The molecule has 116 valence electrons. The lowest BCUT2D eigenvalue weighted by Crippen LogP contribution is -2.38. The fourth-order valence-electron chi connectivity index (χ4n) is 2.53. The molecule has 0 bridgehead atoms. The molecule has 0 saturated heterocycles. The minimum absolute atomic E-state index is 0.149. The number of methoxy groups -OCH3 is 2. The van der Waals surface area contributed by atoms with E-state index in [-0.39, 0.29) is 12.8 Å². The van der Waals surface area contributed by atoms with E-state index >= 15 is 0 Å². The third-order valence-electron chi connectivity index (χ3n) is 3.73. The van der Waals surface area contributed by atoms with Crippen molar-refractivity contribution in [2.45, 2.75) is 32.4 Å². The van der Waals surface area contributed by atoms with Crippen molar-refractivity contribution in [1.82, 2.24) is 0 Å². The van der Waals surface area contributed by atoms with Crippen LogP contribution in [0.25, 0.3) is 0 Å². The van der Waals surface area contributed by atoms with Crippen LogP contribution in [0.5, 0.6) is 11.5 Å². The maximum absolute atomic E-state index is 12.3. The van der Waals surface area contributed by atoms with E-state index < -0.39 is 0 Å². The molecule has 6 heteroatoms. The Bertz CT molecular complexity index is 543. The average molecular weight is 294 g/mol. The van der Waals surface area contributed by atoms with Crippen molar-refractivity contribution < 1.29 is 19.3 Å². The lowest BCUT2D eigenvalue weighted by atomic mass is 10.0. The molecule has 1 aliphatic rings. The summed E-state index contributed by atoms with van der Waals surface area (Å²) in [4.78, 5) is 0. The Kier molecular flexibility index (Phi) is 4.90. The first-order valence-electron chi connectivity index (χ1n) is 7.06. The van der Waals surface area contributed by atoms with Gasteiger partial charge in [-0.15, -0.1) is 0 Å². The Balaban J connectivity index is 2.32. The maximum atomic E-state index is 12.3. The number of unbranched alkanes of at least 4 members (excludes halogenated alkanes) is 1. The Labute approximate surface area is 124 Å². The molecule has 1 heterocycles. The van der Waals surface area contributed by atoms with E-state index in [1.807, 2.05) is 12.1 Å². The maximum Gasteiger partial charge on any atom is 0.236 e. The molecule has 2 N–H and O–H groups in total. The second kappa shape index (κ2) is 6.67. The van der Waals surface area contributed by atoms with Crippen LogP contribution >= 0.6 is 0 Å². The molecule has 21 heavy (non-hydrogen) atoms. The summed E-state index contributed by atoms with van der Waals surface area (Å²) >= 11 is 0. The summed E-state index contributed by atoms with van der Waals surface area (Å²) in [5, 5.41) is 24.4. The second-order valence-corrected chi connectivity index (χ2v) is 5.04. The number of benzene rings is 1. The van der Waals surface area contributed by atoms with Gasteiger partial charge in [-0.3, -0.25) is 0 Å². The molecule has 1 aromatic rings. The molecule has 0 amide bonds. The molecule has 1 aliphatic heterocycles. The third kappa shape index (κ3) is 3.05. The number of nitrogens with zero attached hydrogens (tertiary/aromatic N) is 1. The molecule has 1 unspecified atom stereocenters. The van der Waals surface area contributed by atoms with Crippen molar-refractivity contribution in [1.29, 1.82) is 0 Å². The number of nitrogens with one attached hydrogen (secondary N) is 1. The smallest absolute Gasteiger partial charge is 0.236 e. The number of rotatable bonds is 6. The van der Waals surface area contributed by atoms with Crippen molar-refractivity contribution in [2.24, 2.45) is 0 Å². The van der Waals surface area contributed by atoms with Gasteiger partial charge in [0, 0.05) is 26.0 Å². The highest BCUT2D eigenvalue weighted by atomic mass is 16.5. The van der Waals surface area contributed by atoms with E-state index in [1.54, 1.807) is 21.1 Å². The number of hydrogen-bond acceptors (Lipinski definition) is 5. The van der Waals surface area contributed by atoms with Gasteiger partial charge in [0.2, 0.25) is 6.17 Å². The quantitative estimate of drug-likeness (QED) is 0.476. The van der Waals surface area contributed by atoms with Crippen LogP contribution in [0.4, 0.5) is 5.69 Å². The van der Waals surface area contributed by atoms with Gasteiger partial charge in [0.1, 0.15) is 0 Å². The number of hydroxylamine groups is 1. The number of hydrogen-bond donors (Lipinski definition) is 2. The van der Waals surface area contributed by atoms with Crippen molar-refractivity contribution in [2.75, 3.05) is 26.1 Å². The molecule has 0 radical (unpaired) electrons. The van der Waals surface area contributed by atoms with Gasteiger partial charge in [0.25, 0.3) is 0 Å².